The highest BCUT2D eigenvalue weighted by atomic mass is 16.4. The number of nitrogens with one attached hydrogen (secondary N) is 1. The molecule has 1 amide bonds. The Balaban J connectivity index is 1.94. The normalized spacial score (nSPS) is 16.4. The number of carboxylic acids is 1. The summed E-state index contributed by atoms with van der Waals surface area (Å²) in [4.78, 5) is 26.0. The number of carbonyl (C=O) groups excluding carboxylic acids is 1. The zero-order valence-electron chi connectivity index (χ0n) is 17.8. The van der Waals surface area contributed by atoms with Gasteiger partial charge in [0.1, 0.15) is 17.5 Å². The second-order valence-electron chi connectivity index (χ2n) is 8.75. The molecule has 7 heteroatoms. The molecule has 1 atom stereocenters. The van der Waals surface area contributed by atoms with Crippen LogP contribution in [0, 0.1) is 11.8 Å². The van der Waals surface area contributed by atoms with E-state index in [0.29, 0.717) is 43.5 Å². The highest BCUT2D eigenvalue weighted by molar-refractivity contribution is 5.97. The molecular formula is C22H34N2O5. The van der Waals surface area contributed by atoms with E-state index in [0.717, 1.165) is 12.8 Å². The van der Waals surface area contributed by atoms with Crippen molar-refractivity contribution >= 4 is 11.9 Å². The topological polar surface area (TPSA) is 110 Å². The highest BCUT2D eigenvalue weighted by Crippen LogP contribution is 2.33. The second kappa shape index (κ2) is 9.96. The predicted molar refractivity (Wildman–Crippen MR) is 111 cm³/mol. The first-order valence-corrected chi connectivity index (χ1v) is 10.4. The maximum Gasteiger partial charge on any atom is 0.320 e. The summed E-state index contributed by atoms with van der Waals surface area (Å²) in [6.45, 7) is 9.59. The molecule has 0 bridgehead atoms. The number of benzene rings is 1. The molecule has 7 nitrogen and oxygen atoms in total. The number of hydrogen-bond acceptors (Lipinski definition) is 5. The third kappa shape index (κ3) is 6.10. The number of phenolic OH excluding ortho intramolecular Hbond substituents is 2. The summed E-state index contributed by atoms with van der Waals surface area (Å²) in [6.07, 6.45) is 2.15. The van der Waals surface area contributed by atoms with E-state index in [1.165, 1.54) is 6.07 Å². The average Bonchev–Trinajstić information content (AvgIpc) is 2.64. The fraction of sp³-hybridized carbons (Fsp3) is 0.636. The van der Waals surface area contributed by atoms with Gasteiger partial charge in [-0.15, -0.1) is 0 Å². The molecule has 0 aliphatic carbocycles. The van der Waals surface area contributed by atoms with Crippen molar-refractivity contribution in [2.75, 3.05) is 19.6 Å². The lowest BCUT2D eigenvalue weighted by Crippen LogP contribution is -2.44. The van der Waals surface area contributed by atoms with Gasteiger partial charge in [0.05, 0.1) is 5.56 Å². The number of carboxylic acid groups (broad SMARTS) is 1. The van der Waals surface area contributed by atoms with Gasteiger partial charge < -0.3 is 25.5 Å². The standard InChI is InChI=1S/C22H34N2O5/c1-13(2)9-18(22(28)29)23-12-15-5-7-24(8-6-15)21(27)17-10-16(14(3)4)19(25)11-20(17)26/h10-11,13-15,18,23,25-26H,5-9,12H2,1-4H3,(H,28,29)/t18-/m0/s1. The summed E-state index contributed by atoms with van der Waals surface area (Å²) in [6, 6.07) is 2.27. The van der Waals surface area contributed by atoms with Crippen LogP contribution in [0.3, 0.4) is 0 Å². The molecule has 1 heterocycles. The van der Waals surface area contributed by atoms with Gasteiger partial charge in [0.15, 0.2) is 0 Å². The zero-order valence-corrected chi connectivity index (χ0v) is 17.8. The number of aromatic hydroxyl groups is 2. The van der Waals surface area contributed by atoms with E-state index in [1.807, 2.05) is 27.7 Å². The van der Waals surface area contributed by atoms with Crippen LogP contribution < -0.4 is 5.32 Å². The number of phenols is 2. The summed E-state index contributed by atoms with van der Waals surface area (Å²) >= 11 is 0. The zero-order chi connectivity index (χ0) is 21.7. The number of aliphatic carboxylic acids is 1. The number of hydrogen-bond donors (Lipinski definition) is 4. The van der Waals surface area contributed by atoms with Crippen molar-refractivity contribution < 1.29 is 24.9 Å². The van der Waals surface area contributed by atoms with E-state index in [-0.39, 0.29) is 28.9 Å². The minimum absolute atomic E-state index is 0.00628. The first-order chi connectivity index (χ1) is 13.6. The van der Waals surface area contributed by atoms with E-state index in [4.69, 9.17) is 0 Å². The van der Waals surface area contributed by atoms with Crippen LogP contribution in [0.5, 0.6) is 11.5 Å². The third-order valence-corrected chi connectivity index (χ3v) is 5.56. The van der Waals surface area contributed by atoms with Crippen molar-refractivity contribution in [2.45, 2.75) is 58.9 Å². The Morgan fingerprint density at radius 2 is 1.72 bits per heavy atom. The molecule has 1 aromatic rings. The Labute approximate surface area is 172 Å². The number of carbonyl (C=O) groups is 2. The van der Waals surface area contributed by atoms with Gasteiger partial charge >= 0.3 is 5.97 Å². The summed E-state index contributed by atoms with van der Waals surface area (Å²) in [7, 11) is 0. The lowest BCUT2D eigenvalue weighted by molar-refractivity contribution is -0.140. The highest BCUT2D eigenvalue weighted by Gasteiger charge is 2.27. The van der Waals surface area contributed by atoms with Crippen molar-refractivity contribution in [3.63, 3.8) is 0 Å². The smallest absolute Gasteiger partial charge is 0.320 e. The summed E-state index contributed by atoms with van der Waals surface area (Å²) in [5, 5.41) is 32.6. The van der Waals surface area contributed by atoms with Crippen molar-refractivity contribution in [3.05, 3.63) is 23.3 Å². The molecular weight excluding hydrogens is 372 g/mol. The Bertz CT molecular complexity index is 724. The largest absolute Gasteiger partial charge is 0.508 e. The van der Waals surface area contributed by atoms with Crippen LogP contribution in [0.2, 0.25) is 0 Å². The molecule has 1 aliphatic heterocycles. The number of nitrogens with zero attached hydrogens (tertiary/aromatic N) is 1. The first-order valence-electron chi connectivity index (χ1n) is 10.4. The van der Waals surface area contributed by atoms with Crippen molar-refractivity contribution in [2.24, 2.45) is 11.8 Å². The van der Waals surface area contributed by atoms with Crippen LogP contribution >= 0.6 is 0 Å². The first kappa shape index (κ1) is 23.0. The number of likely N-dealkylation sites (tertiary alicyclic amines) is 1. The molecule has 0 saturated carbocycles. The van der Waals surface area contributed by atoms with E-state index < -0.39 is 12.0 Å². The molecule has 0 unspecified atom stereocenters. The summed E-state index contributed by atoms with van der Waals surface area (Å²) in [5.74, 6) is -0.627. The quantitative estimate of drug-likeness (QED) is 0.528. The van der Waals surface area contributed by atoms with Crippen LogP contribution in [0.1, 0.15) is 68.8 Å². The van der Waals surface area contributed by atoms with Gasteiger partial charge in [0, 0.05) is 19.2 Å². The SMILES string of the molecule is CC(C)C[C@H](NCC1CCN(C(=O)c2cc(C(C)C)c(O)cc2O)CC1)C(=O)O. The monoisotopic (exact) mass is 406 g/mol. The minimum atomic E-state index is -0.824. The predicted octanol–water partition coefficient (Wildman–Crippen LogP) is 3.16. The van der Waals surface area contributed by atoms with Crippen molar-refractivity contribution in [3.8, 4) is 11.5 Å². The fourth-order valence-corrected chi connectivity index (χ4v) is 3.79. The Morgan fingerprint density at radius 1 is 1.10 bits per heavy atom. The number of piperidine rings is 1. The minimum Gasteiger partial charge on any atom is -0.508 e. The summed E-state index contributed by atoms with van der Waals surface area (Å²) < 4.78 is 0. The van der Waals surface area contributed by atoms with E-state index in [1.54, 1.807) is 11.0 Å². The maximum absolute atomic E-state index is 12.9. The van der Waals surface area contributed by atoms with Crippen LogP contribution in [-0.2, 0) is 4.79 Å². The molecule has 1 fully saturated rings. The lowest BCUT2D eigenvalue weighted by Gasteiger charge is -2.33. The maximum atomic E-state index is 12.9. The molecule has 1 aliphatic rings. The Morgan fingerprint density at radius 3 is 2.24 bits per heavy atom. The summed E-state index contributed by atoms with van der Waals surface area (Å²) in [5.41, 5.74) is 0.848. The van der Waals surface area contributed by atoms with Crippen LogP contribution in [-0.4, -0.2) is 57.8 Å². The molecule has 2 rings (SSSR count). The van der Waals surface area contributed by atoms with Crippen LogP contribution in [0.15, 0.2) is 12.1 Å². The lowest BCUT2D eigenvalue weighted by atomic mass is 9.94. The number of amides is 1. The Hall–Kier alpha value is -2.28. The average molecular weight is 407 g/mol. The molecule has 0 spiro atoms. The van der Waals surface area contributed by atoms with Crippen LogP contribution in [0.25, 0.3) is 0 Å². The van der Waals surface area contributed by atoms with Gasteiger partial charge in [0.2, 0.25) is 0 Å². The van der Waals surface area contributed by atoms with Gasteiger partial charge in [-0.25, -0.2) is 0 Å². The molecule has 0 aromatic heterocycles. The van der Waals surface area contributed by atoms with Gasteiger partial charge in [-0.3, -0.25) is 9.59 Å². The van der Waals surface area contributed by atoms with Crippen LogP contribution in [0.4, 0.5) is 0 Å². The molecule has 29 heavy (non-hydrogen) atoms. The molecule has 162 valence electrons. The van der Waals surface area contributed by atoms with Gasteiger partial charge in [-0.1, -0.05) is 27.7 Å². The fourth-order valence-electron chi connectivity index (χ4n) is 3.79. The molecule has 4 N–H and O–H groups in total. The van der Waals surface area contributed by atoms with Gasteiger partial charge in [0.25, 0.3) is 5.91 Å². The molecule has 1 aromatic carbocycles. The van der Waals surface area contributed by atoms with Crippen molar-refractivity contribution in [1.29, 1.82) is 0 Å². The molecule has 1 saturated heterocycles. The Kier molecular flexibility index (Phi) is 7.90. The second-order valence-corrected chi connectivity index (χ2v) is 8.75. The molecule has 0 radical (unpaired) electrons. The van der Waals surface area contributed by atoms with Gasteiger partial charge in [-0.2, -0.15) is 0 Å². The van der Waals surface area contributed by atoms with Gasteiger partial charge in [-0.05, 0) is 55.2 Å². The van der Waals surface area contributed by atoms with E-state index >= 15 is 0 Å². The third-order valence-electron chi connectivity index (χ3n) is 5.56. The van der Waals surface area contributed by atoms with E-state index in [9.17, 15) is 24.9 Å². The number of rotatable bonds is 8. The van der Waals surface area contributed by atoms with Crippen molar-refractivity contribution in [1.82, 2.24) is 10.2 Å². The van der Waals surface area contributed by atoms with E-state index in [2.05, 4.69) is 5.32 Å².